The standard InChI is InChI=1S/C17H21NO3/c1-14-4-2-10-18(17(14)20)11-13-21-16-8-6-15(7-9-16)5-3-12-19/h6-9,14,19H,2,4,10-13H2,1H3. The van der Waals surface area contributed by atoms with Crippen molar-refractivity contribution in [3.05, 3.63) is 29.8 Å². The normalized spacial score (nSPS) is 18.1. The van der Waals surface area contributed by atoms with Crippen molar-refractivity contribution in [2.75, 3.05) is 26.3 Å². The number of amides is 1. The lowest BCUT2D eigenvalue weighted by Gasteiger charge is -2.30. The monoisotopic (exact) mass is 287 g/mol. The average molecular weight is 287 g/mol. The van der Waals surface area contributed by atoms with E-state index in [0.717, 1.165) is 30.7 Å². The Morgan fingerprint density at radius 2 is 2.14 bits per heavy atom. The summed E-state index contributed by atoms with van der Waals surface area (Å²) in [5.74, 6) is 6.57. The zero-order valence-corrected chi connectivity index (χ0v) is 12.3. The molecule has 1 aromatic carbocycles. The van der Waals surface area contributed by atoms with Crippen LogP contribution in [-0.2, 0) is 4.79 Å². The Kier molecular flexibility index (Phi) is 5.65. The third kappa shape index (κ3) is 4.51. The van der Waals surface area contributed by atoms with Crippen LogP contribution >= 0.6 is 0 Å². The molecule has 0 radical (unpaired) electrons. The molecule has 4 nitrogen and oxygen atoms in total. The fourth-order valence-electron chi connectivity index (χ4n) is 2.41. The molecule has 1 aliphatic rings. The SMILES string of the molecule is CC1CCCN(CCOc2ccc(C#CCO)cc2)C1=O. The molecule has 2 rings (SSSR count). The van der Waals surface area contributed by atoms with Crippen LogP contribution in [0, 0.1) is 17.8 Å². The zero-order valence-electron chi connectivity index (χ0n) is 12.3. The van der Waals surface area contributed by atoms with E-state index in [2.05, 4.69) is 11.8 Å². The molecule has 1 amide bonds. The van der Waals surface area contributed by atoms with E-state index in [0.29, 0.717) is 13.2 Å². The van der Waals surface area contributed by atoms with E-state index in [4.69, 9.17) is 9.84 Å². The van der Waals surface area contributed by atoms with Crippen LogP contribution in [0.15, 0.2) is 24.3 Å². The topological polar surface area (TPSA) is 49.8 Å². The van der Waals surface area contributed by atoms with Crippen molar-refractivity contribution in [1.82, 2.24) is 4.90 Å². The van der Waals surface area contributed by atoms with E-state index < -0.39 is 0 Å². The van der Waals surface area contributed by atoms with Gasteiger partial charge < -0.3 is 14.7 Å². The number of aliphatic hydroxyl groups is 1. The molecule has 112 valence electrons. The predicted molar refractivity (Wildman–Crippen MR) is 80.9 cm³/mol. The van der Waals surface area contributed by atoms with Crippen LogP contribution in [0.5, 0.6) is 5.75 Å². The molecule has 1 unspecified atom stereocenters. The van der Waals surface area contributed by atoms with Crippen molar-refractivity contribution in [1.29, 1.82) is 0 Å². The number of piperidine rings is 1. The number of hydrogen-bond acceptors (Lipinski definition) is 3. The van der Waals surface area contributed by atoms with Crippen LogP contribution in [0.25, 0.3) is 0 Å². The van der Waals surface area contributed by atoms with Crippen LogP contribution in [0.1, 0.15) is 25.3 Å². The predicted octanol–water partition coefficient (Wildman–Crippen LogP) is 1.67. The van der Waals surface area contributed by atoms with Crippen molar-refractivity contribution >= 4 is 5.91 Å². The molecule has 0 aromatic heterocycles. The Balaban J connectivity index is 1.79. The Hall–Kier alpha value is -1.99. The van der Waals surface area contributed by atoms with Gasteiger partial charge in [-0.05, 0) is 37.1 Å². The average Bonchev–Trinajstić information content (AvgIpc) is 2.51. The fraction of sp³-hybridized carbons (Fsp3) is 0.471. The third-order valence-corrected chi connectivity index (χ3v) is 3.59. The van der Waals surface area contributed by atoms with Crippen LogP contribution in [0.3, 0.4) is 0 Å². The van der Waals surface area contributed by atoms with Gasteiger partial charge in [0.25, 0.3) is 0 Å². The fourth-order valence-corrected chi connectivity index (χ4v) is 2.41. The minimum Gasteiger partial charge on any atom is -0.492 e. The van der Waals surface area contributed by atoms with Crippen LogP contribution in [0.4, 0.5) is 0 Å². The first-order valence-corrected chi connectivity index (χ1v) is 7.32. The maximum Gasteiger partial charge on any atom is 0.225 e. The number of benzene rings is 1. The van der Waals surface area contributed by atoms with Gasteiger partial charge in [-0.25, -0.2) is 0 Å². The third-order valence-electron chi connectivity index (χ3n) is 3.59. The Morgan fingerprint density at radius 3 is 2.86 bits per heavy atom. The second kappa shape index (κ2) is 7.70. The van der Waals surface area contributed by atoms with Crippen molar-refractivity contribution in [3.63, 3.8) is 0 Å². The van der Waals surface area contributed by atoms with E-state index in [1.807, 2.05) is 36.1 Å². The maximum absolute atomic E-state index is 11.9. The van der Waals surface area contributed by atoms with Gasteiger partial charge in [0.2, 0.25) is 5.91 Å². The zero-order chi connectivity index (χ0) is 15.1. The molecule has 0 aliphatic carbocycles. The van der Waals surface area contributed by atoms with E-state index in [1.54, 1.807) is 0 Å². The summed E-state index contributed by atoms with van der Waals surface area (Å²) in [6.45, 7) is 3.82. The first kappa shape index (κ1) is 15.4. The summed E-state index contributed by atoms with van der Waals surface area (Å²) in [6, 6.07) is 7.41. The highest BCUT2D eigenvalue weighted by Crippen LogP contribution is 2.17. The molecular formula is C17H21NO3. The van der Waals surface area contributed by atoms with Gasteiger partial charge in [-0.15, -0.1) is 0 Å². The van der Waals surface area contributed by atoms with Crippen LogP contribution < -0.4 is 4.74 Å². The van der Waals surface area contributed by atoms with Gasteiger partial charge in [0.15, 0.2) is 0 Å². The van der Waals surface area contributed by atoms with Crippen molar-refractivity contribution in [3.8, 4) is 17.6 Å². The number of ether oxygens (including phenoxy) is 1. The Labute approximate surface area is 125 Å². The molecule has 1 atom stereocenters. The van der Waals surface area contributed by atoms with Gasteiger partial charge >= 0.3 is 0 Å². The van der Waals surface area contributed by atoms with E-state index in [1.165, 1.54) is 0 Å². The quantitative estimate of drug-likeness (QED) is 0.857. The number of likely N-dealkylation sites (tertiary alicyclic amines) is 1. The van der Waals surface area contributed by atoms with Crippen LogP contribution in [-0.4, -0.2) is 42.2 Å². The smallest absolute Gasteiger partial charge is 0.225 e. The molecule has 1 aliphatic heterocycles. The highest BCUT2D eigenvalue weighted by atomic mass is 16.5. The van der Waals surface area contributed by atoms with Gasteiger partial charge in [0, 0.05) is 18.0 Å². The molecule has 1 aromatic rings. The molecule has 0 bridgehead atoms. The molecule has 1 saturated heterocycles. The van der Waals surface area contributed by atoms with Gasteiger partial charge in [0.05, 0.1) is 6.54 Å². The van der Waals surface area contributed by atoms with Gasteiger partial charge in [-0.3, -0.25) is 4.79 Å². The molecule has 1 N–H and O–H groups in total. The van der Waals surface area contributed by atoms with Gasteiger partial charge in [-0.2, -0.15) is 0 Å². The van der Waals surface area contributed by atoms with E-state index in [9.17, 15) is 4.79 Å². The Bertz CT molecular complexity index is 527. The molecule has 4 heteroatoms. The van der Waals surface area contributed by atoms with Gasteiger partial charge in [0.1, 0.15) is 19.0 Å². The first-order chi connectivity index (χ1) is 10.2. The lowest BCUT2D eigenvalue weighted by atomic mass is 9.99. The number of carbonyl (C=O) groups excluding carboxylic acids is 1. The summed E-state index contributed by atoms with van der Waals surface area (Å²) in [5, 5.41) is 8.63. The summed E-state index contributed by atoms with van der Waals surface area (Å²) in [5.41, 5.74) is 0.844. The summed E-state index contributed by atoms with van der Waals surface area (Å²) in [6.07, 6.45) is 2.07. The van der Waals surface area contributed by atoms with E-state index in [-0.39, 0.29) is 18.4 Å². The van der Waals surface area contributed by atoms with Crippen LogP contribution in [0.2, 0.25) is 0 Å². The number of aliphatic hydroxyl groups excluding tert-OH is 1. The second-order valence-corrected chi connectivity index (χ2v) is 5.20. The summed E-state index contributed by atoms with van der Waals surface area (Å²) in [4.78, 5) is 13.8. The number of carbonyl (C=O) groups is 1. The summed E-state index contributed by atoms with van der Waals surface area (Å²) < 4.78 is 5.66. The van der Waals surface area contributed by atoms with Crippen molar-refractivity contribution in [2.24, 2.45) is 5.92 Å². The second-order valence-electron chi connectivity index (χ2n) is 5.20. The molecular weight excluding hydrogens is 266 g/mol. The van der Waals surface area contributed by atoms with E-state index >= 15 is 0 Å². The first-order valence-electron chi connectivity index (χ1n) is 7.32. The Morgan fingerprint density at radius 1 is 1.38 bits per heavy atom. The molecule has 0 saturated carbocycles. The number of hydrogen-bond donors (Lipinski definition) is 1. The van der Waals surface area contributed by atoms with Gasteiger partial charge in [-0.1, -0.05) is 18.8 Å². The highest BCUT2D eigenvalue weighted by Gasteiger charge is 2.24. The lowest BCUT2D eigenvalue weighted by molar-refractivity contribution is -0.138. The lowest BCUT2D eigenvalue weighted by Crippen LogP contribution is -2.42. The minimum atomic E-state index is -0.138. The molecule has 0 spiro atoms. The highest BCUT2D eigenvalue weighted by molar-refractivity contribution is 5.79. The number of nitrogens with zero attached hydrogens (tertiary/aromatic N) is 1. The summed E-state index contributed by atoms with van der Waals surface area (Å²) >= 11 is 0. The van der Waals surface area contributed by atoms with Crippen molar-refractivity contribution < 1.29 is 14.6 Å². The molecule has 21 heavy (non-hydrogen) atoms. The summed E-state index contributed by atoms with van der Waals surface area (Å²) in [7, 11) is 0. The number of rotatable bonds is 4. The maximum atomic E-state index is 11.9. The largest absolute Gasteiger partial charge is 0.492 e. The van der Waals surface area contributed by atoms with Crippen molar-refractivity contribution in [2.45, 2.75) is 19.8 Å². The molecule has 1 heterocycles. The molecule has 1 fully saturated rings. The minimum absolute atomic E-state index is 0.138.